The number of unbranched alkanes of at least 4 members (excludes halogenated alkanes) is 3. The van der Waals surface area contributed by atoms with Gasteiger partial charge in [0, 0.05) is 14.1 Å². The van der Waals surface area contributed by atoms with Crippen molar-refractivity contribution in [1.29, 1.82) is 0 Å². The quantitative estimate of drug-likeness (QED) is 0.424. The van der Waals surface area contributed by atoms with E-state index in [1.165, 1.54) is 23.9 Å². The summed E-state index contributed by atoms with van der Waals surface area (Å²) < 4.78 is 10.5. The number of rotatable bonds is 10. The van der Waals surface area contributed by atoms with Crippen LogP contribution in [-0.4, -0.2) is 67.2 Å². The van der Waals surface area contributed by atoms with Crippen molar-refractivity contribution in [3.05, 3.63) is 0 Å². The minimum Gasteiger partial charge on any atom is -0.464 e. The molecule has 0 aromatic rings. The highest BCUT2D eigenvalue weighted by Gasteiger charge is 2.31. The van der Waals surface area contributed by atoms with Gasteiger partial charge in [0.1, 0.15) is 12.1 Å². The van der Waals surface area contributed by atoms with Gasteiger partial charge in [-0.05, 0) is 25.7 Å². The van der Waals surface area contributed by atoms with Crippen molar-refractivity contribution in [2.24, 2.45) is 5.41 Å². The maximum Gasteiger partial charge on any atom is 0.410 e. The molecule has 0 aliphatic carbocycles. The Labute approximate surface area is 164 Å². The van der Waals surface area contributed by atoms with Crippen LogP contribution >= 0.6 is 0 Å². The molecule has 0 aromatic heterocycles. The molecule has 0 aliphatic heterocycles. The van der Waals surface area contributed by atoms with Gasteiger partial charge in [0.05, 0.1) is 13.2 Å². The smallest absolute Gasteiger partial charge is 0.410 e. The fourth-order valence-electron chi connectivity index (χ4n) is 2.17. The number of carbonyl (C=O) groups excluding carboxylic acids is 3. The zero-order valence-corrected chi connectivity index (χ0v) is 18.3. The van der Waals surface area contributed by atoms with E-state index in [4.69, 9.17) is 9.47 Å². The molecule has 0 spiro atoms. The van der Waals surface area contributed by atoms with Crippen LogP contribution in [0, 0.1) is 5.41 Å². The first-order chi connectivity index (χ1) is 12.4. The molecule has 0 aromatic carbocycles. The van der Waals surface area contributed by atoms with Crippen LogP contribution in [0.25, 0.3) is 0 Å². The first kappa shape index (κ1) is 25.2. The van der Waals surface area contributed by atoms with Gasteiger partial charge in [-0.2, -0.15) is 0 Å². The van der Waals surface area contributed by atoms with Crippen molar-refractivity contribution in [3.8, 4) is 0 Å². The largest absolute Gasteiger partial charge is 0.464 e. The highest BCUT2D eigenvalue weighted by atomic mass is 16.6. The van der Waals surface area contributed by atoms with Gasteiger partial charge in [-0.1, -0.05) is 47.0 Å². The van der Waals surface area contributed by atoms with Gasteiger partial charge in [-0.25, -0.2) is 9.59 Å². The molecule has 27 heavy (non-hydrogen) atoms. The first-order valence-electron chi connectivity index (χ1n) is 9.75. The molecule has 0 saturated carbocycles. The predicted molar refractivity (Wildman–Crippen MR) is 105 cm³/mol. The second-order valence-electron chi connectivity index (χ2n) is 8.26. The molecule has 0 fully saturated rings. The summed E-state index contributed by atoms with van der Waals surface area (Å²) in [6, 6.07) is -1.47. The van der Waals surface area contributed by atoms with Gasteiger partial charge in [0.2, 0.25) is 5.91 Å². The molecule has 0 rings (SSSR count). The van der Waals surface area contributed by atoms with Crippen molar-refractivity contribution in [1.82, 2.24) is 9.80 Å². The van der Waals surface area contributed by atoms with Crippen LogP contribution in [-0.2, 0) is 19.1 Å². The zero-order valence-electron chi connectivity index (χ0n) is 18.3. The van der Waals surface area contributed by atoms with Crippen LogP contribution < -0.4 is 0 Å². The Bertz CT molecular complexity index is 487. The van der Waals surface area contributed by atoms with E-state index < -0.39 is 24.1 Å². The molecule has 0 radical (unpaired) electrons. The summed E-state index contributed by atoms with van der Waals surface area (Å²) in [4.78, 5) is 39.4. The van der Waals surface area contributed by atoms with Gasteiger partial charge in [0.25, 0.3) is 0 Å². The second kappa shape index (κ2) is 11.8. The SMILES string of the molecule is CCCCCCOC(=O)C(C)N(C)C(=O)C(C)N(C)C(=O)OCC(C)(C)C. The molecule has 7 nitrogen and oxygen atoms in total. The molecule has 0 heterocycles. The third-order valence-electron chi connectivity index (χ3n) is 4.37. The molecule has 2 unspecified atom stereocenters. The van der Waals surface area contributed by atoms with Gasteiger partial charge in [-0.3, -0.25) is 9.69 Å². The number of hydrogen-bond donors (Lipinski definition) is 0. The Hall–Kier alpha value is -1.79. The van der Waals surface area contributed by atoms with Crippen LogP contribution in [0.15, 0.2) is 0 Å². The summed E-state index contributed by atoms with van der Waals surface area (Å²) in [5, 5.41) is 0. The zero-order chi connectivity index (χ0) is 21.2. The van der Waals surface area contributed by atoms with E-state index >= 15 is 0 Å². The van der Waals surface area contributed by atoms with Crippen molar-refractivity contribution < 1.29 is 23.9 Å². The Balaban J connectivity index is 4.57. The van der Waals surface area contributed by atoms with Gasteiger partial charge < -0.3 is 14.4 Å². The average molecular weight is 387 g/mol. The lowest BCUT2D eigenvalue weighted by atomic mass is 9.99. The lowest BCUT2D eigenvalue weighted by Gasteiger charge is -2.31. The third kappa shape index (κ3) is 9.63. The minimum absolute atomic E-state index is 0.157. The van der Waals surface area contributed by atoms with E-state index in [2.05, 4.69) is 6.92 Å². The molecule has 0 saturated heterocycles. The summed E-state index contributed by atoms with van der Waals surface area (Å²) in [7, 11) is 3.05. The van der Waals surface area contributed by atoms with Crippen LogP contribution in [0.4, 0.5) is 4.79 Å². The highest BCUT2D eigenvalue weighted by molar-refractivity contribution is 5.89. The third-order valence-corrected chi connectivity index (χ3v) is 4.37. The number of esters is 1. The topological polar surface area (TPSA) is 76.2 Å². The molecule has 7 heteroatoms. The van der Waals surface area contributed by atoms with E-state index in [-0.39, 0.29) is 17.9 Å². The molecule has 2 atom stereocenters. The van der Waals surface area contributed by atoms with Crippen molar-refractivity contribution in [2.75, 3.05) is 27.3 Å². The summed E-state index contributed by atoms with van der Waals surface area (Å²) in [5.74, 6) is -0.784. The lowest BCUT2D eigenvalue weighted by Crippen LogP contribution is -2.51. The first-order valence-corrected chi connectivity index (χ1v) is 9.75. The lowest BCUT2D eigenvalue weighted by molar-refractivity contribution is -0.154. The van der Waals surface area contributed by atoms with Gasteiger partial charge in [-0.15, -0.1) is 0 Å². The van der Waals surface area contributed by atoms with E-state index in [9.17, 15) is 14.4 Å². The maximum absolute atomic E-state index is 12.6. The fraction of sp³-hybridized carbons (Fsp3) is 0.850. The van der Waals surface area contributed by atoms with Crippen LogP contribution in [0.3, 0.4) is 0 Å². The van der Waals surface area contributed by atoms with Crippen molar-refractivity contribution in [2.45, 2.75) is 79.3 Å². The van der Waals surface area contributed by atoms with Crippen molar-refractivity contribution >= 4 is 18.0 Å². The molecule has 0 bridgehead atoms. The minimum atomic E-state index is -0.748. The summed E-state index contributed by atoms with van der Waals surface area (Å²) >= 11 is 0. The summed E-state index contributed by atoms with van der Waals surface area (Å²) in [5.41, 5.74) is -0.157. The number of ether oxygens (including phenoxy) is 2. The molecular weight excluding hydrogens is 348 g/mol. The second-order valence-corrected chi connectivity index (χ2v) is 8.26. The Morgan fingerprint density at radius 2 is 1.48 bits per heavy atom. The Morgan fingerprint density at radius 3 is 2.00 bits per heavy atom. The number of likely N-dealkylation sites (N-methyl/N-ethyl adjacent to an activating group) is 2. The Kier molecular flexibility index (Phi) is 11.0. The Morgan fingerprint density at radius 1 is 0.889 bits per heavy atom. The molecule has 0 aliphatic rings. The standard InChI is InChI=1S/C20H38N2O5/c1-9-10-11-12-13-26-18(24)16(3)21(7)17(23)15(2)22(8)19(25)27-14-20(4,5)6/h15-16H,9-14H2,1-8H3. The van der Waals surface area contributed by atoms with E-state index in [1.807, 2.05) is 20.8 Å². The molecule has 158 valence electrons. The normalized spacial score (nSPS) is 13.5. The maximum atomic E-state index is 12.6. The van der Waals surface area contributed by atoms with Crippen molar-refractivity contribution in [3.63, 3.8) is 0 Å². The van der Waals surface area contributed by atoms with Gasteiger partial charge >= 0.3 is 12.1 Å². The monoisotopic (exact) mass is 386 g/mol. The summed E-state index contributed by atoms with van der Waals surface area (Å²) in [6.45, 7) is 11.8. The molecule has 2 amide bonds. The fourth-order valence-corrected chi connectivity index (χ4v) is 2.17. The number of carbonyl (C=O) groups is 3. The van der Waals surface area contributed by atoms with E-state index in [1.54, 1.807) is 13.8 Å². The highest BCUT2D eigenvalue weighted by Crippen LogP contribution is 2.14. The molecule has 0 N–H and O–H groups in total. The van der Waals surface area contributed by atoms with E-state index in [0.29, 0.717) is 6.61 Å². The van der Waals surface area contributed by atoms with Crippen LogP contribution in [0.2, 0.25) is 0 Å². The van der Waals surface area contributed by atoms with Crippen LogP contribution in [0.1, 0.15) is 67.2 Å². The number of nitrogens with zero attached hydrogens (tertiary/aromatic N) is 2. The number of amides is 2. The predicted octanol–water partition coefficient (Wildman–Crippen LogP) is 3.46. The van der Waals surface area contributed by atoms with E-state index in [0.717, 1.165) is 25.7 Å². The molecular formula is C20H38N2O5. The van der Waals surface area contributed by atoms with Gasteiger partial charge in [0.15, 0.2) is 0 Å². The summed E-state index contributed by atoms with van der Waals surface area (Å²) in [6.07, 6.45) is 3.50. The number of hydrogen-bond acceptors (Lipinski definition) is 5. The van der Waals surface area contributed by atoms with Crippen LogP contribution in [0.5, 0.6) is 0 Å². The average Bonchev–Trinajstić information content (AvgIpc) is 2.61.